The second kappa shape index (κ2) is 5.25. The number of amides is 1. The zero-order chi connectivity index (χ0) is 12.4. The van der Waals surface area contributed by atoms with Gasteiger partial charge < -0.3 is 10.0 Å². The minimum atomic E-state index is -0.382. The van der Waals surface area contributed by atoms with Gasteiger partial charge in [0, 0.05) is 13.1 Å². The number of carbonyl (C=O) groups is 1. The summed E-state index contributed by atoms with van der Waals surface area (Å²) in [5.74, 6) is 0.0138. The van der Waals surface area contributed by atoms with E-state index in [9.17, 15) is 9.90 Å². The van der Waals surface area contributed by atoms with Gasteiger partial charge in [0.15, 0.2) is 0 Å². The molecule has 2 rings (SSSR count). The van der Waals surface area contributed by atoms with Crippen molar-refractivity contribution in [1.29, 1.82) is 0 Å². The zero-order valence-electron chi connectivity index (χ0n) is 9.20. The van der Waals surface area contributed by atoms with Crippen molar-refractivity contribution < 1.29 is 9.90 Å². The quantitative estimate of drug-likeness (QED) is 0.897. The smallest absolute Gasteiger partial charge is 0.227 e. The number of hydrogen-bond acceptors (Lipinski definition) is 2. The molecule has 0 aromatic heterocycles. The highest BCUT2D eigenvalue weighted by atomic mass is 35.5. The molecule has 1 saturated heterocycles. The van der Waals surface area contributed by atoms with Crippen LogP contribution in [0.15, 0.2) is 18.2 Å². The summed E-state index contributed by atoms with van der Waals surface area (Å²) < 4.78 is 0. The topological polar surface area (TPSA) is 40.5 Å². The summed E-state index contributed by atoms with van der Waals surface area (Å²) in [7, 11) is 0. The van der Waals surface area contributed by atoms with E-state index in [4.69, 9.17) is 23.2 Å². The van der Waals surface area contributed by atoms with Gasteiger partial charge in [0.25, 0.3) is 0 Å². The molecule has 5 heteroatoms. The SMILES string of the molecule is O=C(Cc1ccc(Cl)c(Cl)c1)N1CCC(O)C1. The predicted molar refractivity (Wildman–Crippen MR) is 67.4 cm³/mol. The van der Waals surface area contributed by atoms with Crippen LogP contribution in [0.3, 0.4) is 0 Å². The summed E-state index contributed by atoms with van der Waals surface area (Å²) in [6.45, 7) is 1.06. The van der Waals surface area contributed by atoms with Crippen LogP contribution in [0.4, 0.5) is 0 Å². The van der Waals surface area contributed by atoms with E-state index in [1.807, 2.05) is 0 Å². The van der Waals surface area contributed by atoms with E-state index < -0.39 is 0 Å². The van der Waals surface area contributed by atoms with Crippen molar-refractivity contribution >= 4 is 29.1 Å². The first-order valence-electron chi connectivity index (χ1n) is 5.46. The predicted octanol–water partition coefficient (Wildman–Crippen LogP) is 2.13. The summed E-state index contributed by atoms with van der Waals surface area (Å²) in [6, 6.07) is 5.18. The fourth-order valence-corrected chi connectivity index (χ4v) is 2.23. The van der Waals surface area contributed by atoms with Gasteiger partial charge in [0.1, 0.15) is 0 Å². The summed E-state index contributed by atoms with van der Waals surface area (Å²) >= 11 is 11.7. The van der Waals surface area contributed by atoms with E-state index >= 15 is 0 Å². The van der Waals surface area contributed by atoms with Crippen LogP contribution in [0.1, 0.15) is 12.0 Å². The molecule has 0 spiro atoms. The molecular formula is C12H13Cl2NO2. The summed E-state index contributed by atoms with van der Waals surface area (Å²) in [5.41, 5.74) is 0.839. The fourth-order valence-electron chi connectivity index (χ4n) is 1.90. The first-order chi connectivity index (χ1) is 8.06. The van der Waals surface area contributed by atoms with Crippen LogP contribution in [0.2, 0.25) is 10.0 Å². The van der Waals surface area contributed by atoms with Gasteiger partial charge in [-0.15, -0.1) is 0 Å². The van der Waals surface area contributed by atoms with Crippen molar-refractivity contribution in [3.63, 3.8) is 0 Å². The van der Waals surface area contributed by atoms with Crippen molar-refractivity contribution in [3.8, 4) is 0 Å². The number of nitrogens with zero attached hydrogens (tertiary/aromatic N) is 1. The average Bonchev–Trinajstić information content (AvgIpc) is 2.70. The molecule has 1 heterocycles. The number of hydrogen-bond donors (Lipinski definition) is 1. The molecule has 0 radical (unpaired) electrons. The molecule has 3 nitrogen and oxygen atoms in total. The van der Waals surface area contributed by atoms with E-state index in [2.05, 4.69) is 0 Å². The Labute approximate surface area is 110 Å². The third-order valence-electron chi connectivity index (χ3n) is 2.86. The number of halogens is 2. The molecule has 0 saturated carbocycles. The number of aliphatic hydroxyl groups excluding tert-OH is 1. The van der Waals surface area contributed by atoms with Gasteiger partial charge in [0.05, 0.1) is 22.6 Å². The lowest BCUT2D eigenvalue weighted by Crippen LogP contribution is -2.30. The first-order valence-corrected chi connectivity index (χ1v) is 6.21. The number of likely N-dealkylation sites (tertiary alicyclic amines) is 1. The maximum atomic E-state index is 11.9. The molecular weight excluding hydrogens is 261 g/mol. The highest BCUT2D eigenvalue weighted by Gasteiger charge is 2.24. The van der Waals surface area contributed by atoms with Crippen molar-refractivity contribution in [1.82, 2.24) is 4.90 Å². The fraction of sp³-hybridized carbons (Fsp3) is 0.417. The van der Waals surface area contributed by atoms with E-state index in [1.54, 1.807) is 23.1 Å². The Morgan fingerprint density at radius 3 is 2.76 bits per heavy atom. The van der Waals surface area contributed by atoms with Crippen molar-refractivity contribution in [2.24, 2.45) is 0 Å². The molecule has 1 N–H and O–H groups in total. The van der Waals surface area contributed by atoms with Crippen LogP contribution in [-0.2, 0) is 11.2 Å². The van der Waals surface area contributed by atoms with E-state index in [0.717, 1.165) is 5.56 Å². The van der Waals surface area contributed by atoms with E-state index in [-0.39, 0.29) is 12.0 Å². The molecule has 0 aliphatic carbocycles. The van der Waals surface area contributed by atoms with Gasteiger partial charge in [-0.05, 0) is 24.1 Å². The normalized spacial score (nSPS) is 19.7. The number of carbonyl (C=O) groups excluding carboxylic acids is 1. The van der Waals surface area contributed by atoms with E-state index in [1.165, 1.54) is 0 Å². The molecule has 17 heavy (non-hydrogen) atoms. The molecule has 1 aliphatic heterocycles. The largest absolute Gasteiger partial charge is 0.391 e. The second-order valence-corrected chi connectivity index (χ2v) is 5.02. The minimum absolute atomic E-state index is 0.0138. The van der Waals surface area contributed by atoms with Gasteiger partial charge in [-0.1, -0.05) is 29.3 Å². The van der Waals surface area contributed by atoms with Crippen LogP contribution < -0.4 is 0 Å². The molecule has 92 valence electrons. The summed E-state index contributed by atoms with van der Waals surface area (Å²) in [5, 5.41) is 10.3. The molecule has 0 bridgehead atoms. The minimum Gasteiger partial charge on any atom is -0.391 e. The molecule has 1 atom stereocenters. The van der Waals surface area contributed by atoms with Crippen LogP contribution >= 0.6 is 23.2 Å². The third kappa shape index (κ3) is 3.12. The van der Waals surface area contributed by atoms with Gasteiger partial charge in [-0.3, -0.25) is 4.79 Å². The van der Waals surface area contributed by atoms with Crippen LogP contribution in [0.5, 0.6) is 0 Å². The van der Waals surface area contributed by atoms with Gasteiger partial charge in [-0.25, -0.2) is 0 Å². The number of rotatable bonds is 2. The Morgan fingerprint density at radius 1 is 1.41 bits per heavy atom. The second-order valence-electron chi connectivity index (χ2n) is 4.21. The zero-order valence-corrected chi connectivity index (χ0v) is 10.7. The third-order valence-corrected chi connectivity index (χ3v) is 3.59. The van der Waals surface area contributed by atoms with Gasteiger partial charge in [-0.2, -0.15) is 0 Å². The summed E-state index contributed by atoms with van der Waals surface area (Å²) in [4.78, 5) is 13.6. The lowest BCUT2D eigenvalue weighted by molar-refractivity contribution is -0.129. The lowest BCUT2D eigenvalue weighted by Gasteiger charge is -2.15. The van der Waals surface area contributed by atoms with Crippen molar-refractivity contribution in [2.45, 2.75) is 18.9 Å². The monoisotopic (exact) mass is 273 g/mol. The van der Waals surface area contributed by atoms with Gasteiger partial charge >= 0.3 is 0 Å². The van der Waals surface area contributed by atoms with Crippen molar-refractivity contribution in [3.05, 3.63) is 33.8 Å². The average molecular weight is 274 g/mol. The Balaban J connectivity index is 2.00. The molecule has 1 aromatic rings. The highest BCUT2D eigenvalue weighted by molar-refractivity contribution is 6.42. The number of aliphatic hydroxyl groups is 1. The standard InChI is InChI=1S/C12H13Cl2NO2/c13-10-2-1-8(5-11(10)14)6-12(17)15-4-3-9(16)7-15/h1-2,5,9,16H,3-4,6-7H2. The van der Waals surface area contributed by atoms with Crippen LogP contribution in [-0.4, -0.2) is 35.1 Å². The molecule has 1 unspecified atom stereocenters. The molecule has 1 fully saturated rings. The molecule has 1 aliphatic rings. The maximum absolute atomic E-state index is 11.9. The van der Waals surface area contributed by atoms with E-state index in [0.29, 0.717) is 36.0 Å². The Kier molecular flexibility index (Phi) is 3.92. The Hall–Kier alpha value is -0.770. The molecule has 1 amide bonds. The Morgan fingerprint density at radius 2 is 2.18 bits per heavy atom. The van der Waals surface area contributed by atoms with Gasteiger partial charge in [0.2, 0.25) is 5.91 Å². The lowest BCUT2D eigenvalue weighted by atomic mass is 10.1. The number of benzene rings is 1. The molecule has 1 aromatic carbocycles. The Bertz CT molecular complexity index is 437. The first kappa shape index (κ1) is 12.7. The summed E-state index contributed by atoms with van der Waals surface area (Å²) in [6.07, 6.45) is 0.573. The maximum Gasteiger partial charge on any atom is 0.227 e. The number of β-amino-alcohol motifs (C(OH)–C–C–N with tert-alkyl or cyclic N) is 1. The van der Waals surface area contributed by atoms with Crippen molar-refractivity contribution in [2.75, 3.05) is 13.1 Å². The highest BCUT2D eigenvalue weighted by Crippen LogP contribution is 2.23. The van der Waals surface area contributed by atoms with Crippen LogP contribution in [0, 0.1) is 0 Å². The van der Waals surface area contributed by atoms with Crippen LogP contribution in [0.25, 0.3) is 0 Å².